The van der Waals surface area contributed by atoms with Gasteiger partial charge >= 0.3 is 5.95 Å². The second-order valence-electron chi connectivity index (χ2n) is 5.04. The lowest BCUT2D eigenvalue weighted by Crippen LogP contribution is -2.11. The Hall–Kier alpha value is -3.15. The Morgan fingerprint density at radius 1 is 0.958 bits per heavy atom. The standard InChI is InChI=1S/C18H17NO5/c1-19-17(20)16(18(22-3)24-19)14-9-4-5-10-15(14)23-13-8-6-7-12(11-13)21-2/h4-11H,1-3H3. The van der Waals surface area contributed by atoms with E-state index in [9.17, 15) is 4.79 Å². The van der Waals surface area contributed by atoms with Crippen LogP contribution in [0.15, 0.2) is 57.8 Å². The molecule has 0 bridgehead atoms. The predicted octanol–water partition coefficient (Wildman–Crippen LogP) is 3.45. The highest BCUT2D eigenvalue weighted by Gasteiger charge is 2.21. The lowest BCUT2D eigenvalue weighted by molar-refractivity contribution is 0.208. The van der Waals surface area contributed by atoms with Crippen molar-refractivity contribution in [3.8, 4) is 34.3 Å². The molecule has 0 saturated heterocycles. The summed E-state index contributed by atoms with van der Waals surface area (Å²) in [5, 5.41) is 0. The number of rotatable bonds is 5. The van der Waals surface area contributed by atoms with E-state index >= 15 is 0 Å². The van der Waals surface area contributed by atoms with Crippen molar-refractivity contribution >= 4 is 0 Å². The van der Waals surface area contributed by atoms with Crippen LogP contribution in [-0.2, 0) is 7.05 Å². The van der Waals surface area contributed by atoms with Gasteiger partial charge in [-0.15, -0.1) is 0 Å². The summed E-state index contributed by atoms with van der Waals surface area (Å²) in [5.74, 6) is 1.94. The number of nitrogens with zero attached hydrogens (tertiary/aromatic N) is 1. The number of benzene rings is 2. The lowest BCUT2D eigenvalue weighted by atomic mass is 10.1. The molecular weight excluding hydrogens is 310 g/mol. The monoisotopic (exact) mass is 327 g/mol. The molecule has 1 heterocycles. The molecule has 0 aliphatic heterocycles. The Bertz CT molecular complexity index is 910. The molecule has 0 atom stereocenters. The quantitative estimate of drug-likeness (QED) is 0.718. The summed E-state index contributed by atoms with van der Waals surface area (Å²) in [7, 11) is 4.57. The highest BCUT2D eigenvalue weighted by atomic mass is 16.6. The predicted molar refractivity (Wildman–Crippen MR) is 89.0 cm³/mol. The molecule has 124 valence electrons. The van der Waals surface area contributed by atoms with Gasteiger partial charge in [0.05, 0.1) is 14.2 Å². The van der Waals surface area contributed by atoms with Crippen LogP contribution in [0, 0.1) is 0 Å². The van der Waals surface area contributed by atoms with Crippen LogP contribution in [0.2, 0.25) is 0 Å². The molecule has 0 saturated carbocycles. The minimum Gasteiger partial charge on any atom is -0.497 e. The van der Waals surface area contributed by atoms with E-state index in [-0.39, 0.29) is 11.5 Å². The van der Waals surface area contributed by atoms with Crippen molar-refractivity contribution in [3.05, 3.63) is 58.9 Å². The SMILES string of the molecule is COc1cccc(Oc2ccccc2-c2c(OC)on(C)c2=O)c1. The number of para-hydroxylation sites is 1. The highest BCUT2D eigenvalue weighted by Crippen LogP contribution is 2.36. The van der Waals surface area contributed by atoms with Crippen molar-refractivity contribution < 1.29 is 18.7 Å². The minimum absolute atomic E-state index is 0.143. The van der Waals surface area contributed by atoms with E-state index in [1.165, 1.54) is 14.2 Å². The van der Waals surface area contributed by atoms with Crippen LogP contribution in [0.1, 0.15) is 0 Å². The van der Waals surface area contributed by atoms with Crippen LogP contribution < -0.4 is 19.8 Å². The van der Waals surface area contributed by atoms with Crippen molar-refractivity contribution in [2.24, 2.45) is 7.05 Å². The Kier molecular flexibility index (Phi) is 4.29. The third-order valence-corrected chi connectivity index (χ3v) is 3.53. The Morgan fingerprint density at radius 3 is 2.46 bits per heavy atom. The van der Waals surface area contributed by atoms with Crippen LogP contribution in [-0.4, -0.2) is 19.0 Å². The number of hydrogen-bond donors (Lipinski definition) is 0. The van der Waals surface area contributed by atoms with Crippen molar-refractivity contribution in [1.29, 1.82) is 0 Å². The van der Waals surface area contributed by atoms with Gasteiger partial charge in [-0.25, -0.2) is 0 Å². The molecule has 0 fully saturated rings. The van der Waals surface area contributed by atoms with Gasteiger partial charge in [0.2, 0.25) is 0 Å². The number of aryl methyl sites for hydroxylation is 1. The van der Waals surface area contributed by atoms with Crippen molar-refractivity contribution in [3.63, 3.8) is 0 Å². The van der Waals surface area contributed by atoms with Crippen LogP contribution in [0.3, 0.4) is 0 Å². The second-order valence-corrected chi connectivity index (χ2v) is 5.04. The van der Waals surface area contributed by atoms with Gasteiger partial charge in [0.15, 0.2) is 0 Å². The zero-order chi connectivity index (χ0) is 17.1. The highest BCUT2D eigenvalue weighted by molar-refractivity contribution is 5.73. The largest absolute Gasteiger partial charge is 0.497 e. The molecule has 2 aromatic carbocycles. The molecule has 0 unspecified atom stereocenters. The molecule has 0 aliphatic carbocycles. The fraction of sp³-hybridized carbons (Fsp3) is 0.167. The third-order valence-electron chi connectivity index (χ3n) is 3.53. The average Bonchev–Trinajstić information content (AvgIpc) is 2.90. The molecular formula is C18H17NO5. The molecule has 0 radical (unpaired) electrons. The van der Waals surface area contributed by atoms with Gasteiger partial charge in [0.25, 0.3) is 5.56 Å². The second kappa shape index (κ2) is 6.54. The van der Waals surface area contributed by atoms with Gasteiger partial charge in [-0.3, -0.25) is 4.79 Å². The van der Waals surface area contributed by atoms with Gasteiger partial charge in [-0.2, -0.15) is 4.74 Å². The molecule has 0 amide bonds. The molecule has 0 N–H and O–H groups in total. The molecule has 3 aromatic rings. The summed E-state index contributed by atoms with van der Waals surface area (Å²) >= 11 is 0. The van der Waals surface area contributed by atoms with E-state index in [1.54, 1.807) is 25.3 Å². The van der Waals surface area contributed by atoms with Gasteiger partial charge < -0.3 is 18.7 Å². The Balaban J connectivity index is 2.07. The Morgan fingerprint density at radius 2 is 1.71 bits per heavy atom. The first-order chi connectivity index (χ1) is 11.6. The number of ether oxygens (including phenoxy) is 3. The maximum Gasteiger partial charge on any atom is 0.320 e. The maximum absolute atomic E-state index is 12.4. The fourth-order valence-electron chi connectivity index (χ4n) is 2.37. The summed E-state index contributed by atoms with van der Waals surface area (Å²) in [6, 6.07) is 14.4. The molecule has 1 aromatic heterocycles. The molecule has 3 rings (SSSR count). The average molecular weight is 327 g/mol. The molecule has 6 heteroatoms. The van der Waals surface area contributed by atoms with E-state index in [1.807, 2.05) is 30.3 Å². The van der Waals surface area contributed by atoms with Crippen LogP contribution >= 0.6 is 0 Å². The molecule has 24 heavy (non-hydrogen) atoms. The smallest absolute Gasteiger partial charge is 0.320 e. The van der Waals surface area contributed by atoms with Crippen LogP contribution in [0.5, 0.6) is 23.2 Å². The maximum atomic E-state index is 12.4. The van der Waals surface area contributed by atoms with Gasteiger partial charge in [-0.1, -0.05) is 24.3 Å². The van der Waals surface area contributed by atoms with E-state index in [0.29, 0.717) is 28.4 Å². The van der Waals surface area contributed by atoms with Gasteiger partial charge in [0, 0.05) is 18.7 Å². The zero-order valence-corrected chi connectivity index (χ0v) is 13.6. The van der Waals surface area contributed by atoms with E-state index in [2.05, 4.69) is 0 Å². The van der Waals surface area contributed by atoms with E-state index < -0.39 is 0 Å². The normalized spacial score (nSPS) is 10.5. The molecule has 0 spiro atoms. The number of hydrogen-bond acceptors (Lipinski definition) is 5. The number of aromatic nitrogens is 1. The topological polar surface area (TPSA) is 62.8 Å². The number of methoxy groups -OCH3 is 2. The third kappa shape index (κ3) is 2.86. The first-order valence-corrected chi connectivity index (χ1v) is 7.29. The zero-order valence-electron chi connectivity index (χ0n) is 13.6. The first-order valence-electron chi connectivity index (χ1n) is 7.29. The van der Waals surface area contributed by atoms with Gasteiger partial charge in [0.1, 0.15) is 22.8 Å². The van der Waals surface area contributed by atoms with Crippen molar-refractivity contribution in [2.45, 2.75) is 0 Å². The summed E-state index contributed by atoms with van der Waals surface area (Å²) in [4.78, 5) is 12.4. The van der Waals surface area contributed by atoms with Crippen LogP contribution in [0.25, 0.3) is 11.1 Å². The summed E-state index contributed by atoms with van der Waals surface area (Å²) in [6.07, 6.45) is 0. The summed E-state index contributed by atoms with van der Waals surface area (Å²) in [5.41, 5.74) is 0.610. The summed E-state index contributed by atoms with van der Waals surface area (Å²) in [6.45, 7) is 0. The minimum atomic E-state index is -0.298. The molecule has 6 nitrogen and oxygen atoms in total. The Labute approximate surface area is 138 Å². The van der Waals surface area contributed by atoms with Crippen LogP contribution in [0.4, 0.5) is 0 Å². The lowest BCUT2D eigenvalue weighted by Gasteiger charge is -2.11. The van der Waals surface area contributed by atoms with E-state index in [0.717, 1.165) is 4.74 Å². The van der Waals surface area contributed by atoms with E-state index in [4.69, 9.17) is 18.7 Å². The summed E-state index contributed by atoms with van der Waals surface area (Å²) < 4.78 is 22.7. The molecule has 0 aliphatic rings. The first kappa shape index (κ1) is 15.7. The fourth-order valence-corrected chi connectivity index (χ4v) is 2.37. The van der Waals surface area contributed by atoms with Gasteiger partial charge in [-0.05, 0) is 18.2 Å². The van der Waals surface area contributed by atoms with Crippen molar-refractivity contribution in [2.75, 3.05) is 14.2 Å². The van der Waals surface area contributed by atoms with Crippen molar-refractivity contribution in [1.82, 2.24) is 4.74 Å².